The van der Waals surface area contributed by atoms with Gasteiger partial charge in [-0.1, -0.05) is 191 Å². The topological polar surface area (TPSA) is 308 Å². The van der Waals surface area contributed by atoms with Crippen LogP contribution < -0.4 is 43.0 Å². The number of rotatable bonds is 23. The predicted octanol–water partition coefficient (Wildman–Crippen LogP) is 24.9. The number of thiazole rings is 4. The van der Waals surface area contributed by atoms with Crippen LogP contribution in [0, 0.1) is 41.5 Å². The van der Waals surface area contributed by atoms with Crippen LogP contribution in [-0.4, -0.2) is 89.4 Å². The second-order valence-corrected chi connectivity index (χ2v) is 38.3. The van der Waals surface area contributed by atoms with Crippen molar-refractivity contribution >= 4 is 115 Å². The molecule has 22 nitrogen and oxygen atoms in total. The fourth-order valence-corrected chi connectivity index (χ4v) is 17.9. The van der Waals surface area contributed by atoms with Crippen LogP contribution in [0.1, 0.15) is 107 Å². The maximum Gasteiger partial charge on any atom is 0.407 e. The highest BCUT2D eigenvalue weighted by Gasteiger charge is 2.27. The summed E-state index contributed by atoms with van der Waals surface area (Å²) in [5.41, 5.74) is 28.6. The van der Waals surface area contributed by atoms with E-state index in [1.165, 1.54) is 23.8 Å². The summed E-state index contributed by atoms with van der Waals surface area (Å²) in [7, 11) is 1.34. The molecule has 670 valence electrons. The lowest BCUT2D eigenvalue weighted by molar-refractivity contribution is -0.116. The van der Waals surface area contributed by atoms with Crippen molar-refractivity contribution in [3.8, 4) is 86.8 Å². The summed E-state index contributed by atoms with van der Waals surface area (Å²) < 4.78 is 4.67. The molecule has 0 bridgehead atoms. The Bertz CT molecular complexity index is 6660. The monoisotopic (exact) mass is 1830 g/mol. The minimum atomic E-state index is -0.479. The molecule has 8 aromatic carbocycles. The third kappa shape index (κ3) is 27.0. The van der Waals surface area contributed by atoms with Gasteiger partial charge in [0.1, 0.15) is 11.6 Å². The zero-order valence-corrected chi connectivity index (χ0v) is 79.5. The predicted molar refractivity (Wildman–Crippen MR) is 542 cm³/mol. The molecule has 6 amide bonds. The number of methoxy groups -OCH3 is 1. The van der Waals surface area contributed by atoms with Gasteiger partial charge in [-0.15, -0.1) is 45.3 Å². The lowest BCUT2D eigenvalue weighted by Gasteiger charge is -2.14. The minimum absolute atomic E-state index is 0.0270. The molecule has 0 aliphatic carbocycles. The number of aryl methyl sites for hydroxylation is 6. The van der Waals surface area contributed by atoms with Gasteiger partial charge >= 0.3 is 12.1 Å². The van der Waals surface area contributed by atoms with Crippen molar-refractivity contribution in [3.05, 3.63) is 339 Å². The number of benzene rings is 8. The maximum atomic E-state index is 12.7. The number of nitrogens with two attached hydrogens (primary N) is 1. The fourth-order valence-electron chi connectivity index (χ4n) is 13.7. The van der Waals surface area contributed by atoms with E-state index < -0.39 is 6.09 Å². The van der Waals surface area contributed by atoms with Crippen molar-refractivity contribution in [1.82, 2.24) is 45.2 Å². The number of amides is 6. The summed E-state index contributed by atoms with van der Waals surface area (Å²) in [5, 5.41) is 24.9. The average Bonchev–Trinajstić information content (AvgIpc) is 1.62. The van der Waals surface area contributed by atoms with Crippen molar-refractivity contribution < 1.29 is 28.7 Å². The Kier molecular flexibility index (Phi) is 31.8. The smallest absolute Gasteiger partial charge is 0.407 e. The van der Waals surface area contributed by atoms with Gasteiger partial charge in [-0.05, 0) is 203 Å². The number of aromatic nitrogens is 8. The van der Waals surface area contributed by atoms with Crippen molar-refractivity contribution in [3.63, 3.8) is 0 Å². The molecule has 0 saturated heterocycles. The molecule has 9 N–H and O–H groups in total. The van der Waals surface area contributed by atoms with Crippen LogP contribution in [0.4, 0.5) is 49.7 Å². The van der Waals surface area contributed by atoms with Gasteiger partial charge in [0, 0.05) is 111 Å². The molecule has 0 radical (unpaired) electrons. The molecule has 0 spiro atoms. The van der Waals surface area contributed by atoms with Crippen LogP contribution in [0.2, 0.25) is 0 Å². The number of carbonyl (C=O) groups is 5. The van der Waals surface area contributed by atoms with Crippen molar-refractivity contribution in [1.29, 1.82) is 0 Å². The number of nitrogens with one attached hydrogen (secondary N) is 7. The van der Waals surface area contributed by atoms with Crippen molar-refractivity contribution in [2.45, 2.75) is 126 Å². The van der Waals surface area contributed by atoms with Gasteiger partial charge in [0.25, 0.3) is 0 Å². The zero-order valence-electron chi connectivity index (χ0n) is 76.2. The fraction of sp³-hybridized carbons (Fsp3) is 0.198. The quantitative estimate of drug-likeness (QED) is 0.0295. The van der Waals surface area contributed by atoms with E-state index in [-0.39, 0.29) is 40.6 Å². The van der Waals surface area contributed by atoms with Crippen LogP contribution in [0.3, 0.4) is 0 Å². The van der Waals surface area contributed by atoms with Gasteiger partial charge in [0.15, 0.2) is 0 Å². The van der Waals surface area contributed by atoms with E-state index in [1.54, 1.807) is 82.5 Å². The number of pyridine rings is 4. The van der Waals surface area contributed by atoms with Gasteiger partial charge in [0.05, 0.1) is 88.7 Å². The highest BCUT2D eigenvalue weighted by atomic mass is 32.1. The highest BCUT2D eigenvalue weighted by molar-refractivity contribution is 7.16. The first-order chi connectivity index (χ1) is 63.4. The van der Waals surface area contributed by atoms with E-state index in [4.69, 9.17) is 25.7 Å². The first kappa shape index (κ1) is 95.0. The molecule has 8 aromatic heterocycles. The van der Waals surface area contributed by atoms with E-state index >= 15 is 0 Å². The number of ether oxygens (including phenoxy) is 1. The number of hydrogen-bond acceptors (Lipinski definition) is 20. The lowest BCUT2D eigenvalue weighted by Crippen LogP contribution is -2.37. The summed E-state index contributed by atoms with van der Waals surface area (Å²) in [5.74, 6) is 1.03. The molecule has 26 heteroatoms. The van der Waals surface area contributed by atoms with Crippen LogP contribution in [-0.2, 0) is 49.2 Å². The number of hydrogen-bond donors (Lipinski definition) is 8. The highest BCUT2D eigenvalue weighted by Crippen LogP contribution is 2.45. The summed E-state index contributed by atoms with van der Waals surface area (Å²) in [4.78, 5) is 102. The first-order valence-corrected chi connectivity index (χ1v) is 46.3. The Labute approximate surface area is 786 Å². The Morgan fingerprint density at radius 3 is 1.17 bits per heavy atom. The molecule has 0 saturated carbocycles. The number of nitrogen functional groups attached to an aromatic ring is 1. The summed E-state index contributed by atoms with van der Waals surface area (Å²) in [6, 6.07) is 78.3. The maximum absolute atomic E-state index is 12.7. The number of alkyl carbamates (subject to hydrolysis) is 1. The molecular formula is C106H106N16O6S4. The van der Waals surface area contributed by atoms with Crippen LogP contribution in [0.15, 0.2) is 280 Å². The largest absolute Gasteiger partial charge is 0.453 e. The molecule has 132 heavy (non-hydrogen) atoms. The number of carbonyl (C=O) groups excluding carboxylic acids is 5. The molecule has 8 heterocycles. The standard InChI is InChI=1S/C31H36N6O3S.C27H27N3OS.C24H22N4OS.C24H21N3OS/c1-19-10-12-23(13-11-19)35-29(38)36-24-9-7-8-22(16-24)27-26(37-28(41-27)31(3,4)5)21-14-15-32-25(17-21)33-18-20(2)34-30(39)40-6;1-18-8-10-19(11-9-18)16-23(31)29-22-7-5-6-21(17-22)25-24(20-12-14-28-15-13-20)30-26(32-25)27(2,3)4;1-15-6-8-17(9-7-15)12-22(29)28-20-5-3-4-19(13-20)24-23(27-16(2)30-24)18-10-11-26-21(25)14-18;1-16-6-8-21(9-7-16)27-22(28)15-18-4-3-5-20(14-18)24-23(26-17(2)29-24)19-10-12-25-13-11-19/h7-17,20H,18H2,1-6H3,(H,32,33)(H,34,39)(H2,35,36,38);5-15,17H,16H2,1-4H3,(H,29,31);3-11,13-14H,12H2,1-2H3,(H2,25,26)(H,28,29);3-14H,15H2,1-2H3,(H,27,28)/t20-;;;/m0.../s1. The molecule has 1 atom stereocenters. The normalized spacial score (nSPS) is 11.2. The Morgan fingerprint density at radius 2 is 0.720 bits per heavy atom. The molecule has 0 unspecified atom stereocenters. The van der Waals surface area contributed by atoms with E-state index in [0.29, 0.717) is 43.1 Å². The molecule has 0 fully saturated rings. The zero-order chi connectivity index (χ0) is 93.6. The molecule has 16 aromatic rings. The number of nitrogens with zero attached hydrogens (tertiary/aromatic N) is 8. The second kappa shape index (κ2) is 44.2. The molecule has 16 rings (SSSR count). The van der Waals surface area contributed by atoms with E-state index in [0.717, 1.165) is 152 Å². The van der Waals surface area contributed by atoms with E-state index in [2.05, 4.69) is 122 Å². The first-order valence-electron chi connectivity index (χ1n) is 43.0. The molecule has 0 aliphatic rings. The van der Waals surface area contributed by atoms with Crippen LogP contribution in [0.25, 0.3) is 86.8 Å². The third-order valence-corrected chi connectivity index (χ3v) is 25.6. The van der Waals surface area contributed by atoms with E-state index in [9.17, 15) is 24.0 Å². The van der Waals surface area contributed by atoms with Crippen molar-refractivity contribution in [2.75, 3.05) is 51.3 Å². The Hall–Kier alpha value is -14.6. The summed E-state index contributed by atoms with van der Waals surface area (Å²) in [6.45, 7) is 27.4. The van der Waals surface area contributed by atoms with Gasteiger partial charge in [-0.3, -0.25) is 24.4 Å². The molecular weight excluding hydrogens is 1720 g/mol. The Morgan fingerprint density at radius 1 is 0.364 bits per heavy atom. The minimum Gasteiger partial charge on any atom is -0.453 e. The summed E-state index contributed by atoms with van der Waals surface area (Å²) >= 11 is 6.62. The van der Waals surface area contributed by atoms with Gasteiger partial charge in [-0.25, -0.2) is 39.5 Å². The molecule has 0 aliphatic heterocycles. The summed E-state index contributed by atoms with van der Waals surface area (Å²) in [6.07, 6.45) is 11.1. The van der Waals surface area contributed by atoms with Gasteiger partial charge in [0.2, 0.25) is 17.7 Å². The van der Waals surface area contributed by atoms with E-state index in [1.807, 2.05) is 273 Å². The number of anilines is 7. The number of urea groups is 1. The van der Waals surface area contributed by atoms with Gasteiger partial charge in [-0.2, -0.15) is 0 Å². The average molecular weight is 1830 g/mol. The Balaban J connectivity index is 0.000000151. The third-order valence-electron chi connectivity index (χ3n) is 20.5. The SMILES string of the molecule is COC(=O)N[C@@H](C)CNc1cc(-c2nc(C(C)(C)C)sc2-c2cccc(NC(=O)Nc3ccc(C)cc3)c2)ccn1.Cc1ccc(CC(=O)Nc2cccc(-c3sc(C(C)(C)C)nc3-c3ccncc3)c2)cc1.Cc1ccc(CC(=O)Nc2cccc(-c3sc(C)nc3-c3ccnc(N)c3)c2)cc1.Cc1ccc(NC(=O)Cc2cccc(-c3sc(C)nc3-c3ccncc3)c2)cc1. The van der Waals surface area contributed by atoms with Crippen LogP contribution >= 0.6 is 45.3 Å². The van der Waals surface area contributed by atoms with Crippen LogP contribution in [0.5, 0.6) is 0 Å². The second-order valence-electron chi connectivity index (χ2n) is 33.9. The van der Waals surface area contributed by atoms with Crippen molar-refractivity contribution in [2.24, 2.45) is 0 Å². The lowest BCUT2D eigenvalue weighted by atomic mass is 9.98. The van der Waals surface area contributed by atoms with Gasteiger partial charge < -0.3 is 47.7 Å².